The molecule has 0 aliphatic heterocycles. The summed E-state index contributed by atoms with van der Waals surface area (Å²) in [7, 11) is -2.40. The van der Waals surface area contributed by atoms with Gasteiger partial charge in [0.1, 0.15) is 0 Å². The molecule has 152 valence electrons. The molecule has 0 aromatic heterocycles. The zero-order valence-electron chi connectivity index (χ0n) is 17.7. The molecule has 0 N–H and O–H groups in total. The van der Waals surface area contributed by atoms with Gasteiger partial charge in [0.25, 0.3) is 8.32 Å². The average molecular weight is 468 g/mol. The predicted molar refractivity (Wildman–Crippen MR) is 131 cm³/mol. The van der Waals surface area contributed by atoms with E-state index >= 15 is 0 Å². The molecule has 0 amide bonds. The first-order valence-electron chi connectivity index (χ1n) is 10.4. The summed E-state index contributed by atoms with van der Waals surface area (Å²) in [4.78, 5) is 0. The Labute approximate surface area is 185 Å². The zero-order chi connectivity index (χ0) is 20.7. The fourth-order valence-corrected chi connectivity index (χ4v) is 9.19. The number of hydrogen-bond acceptors (Lipinski definition) is 1. The first-order valence-corrected chi connectivity index (χ1v) is 13.1. The minimum absolute atomic E-state index is 0.0398. The highest BCUT2D eigenvalue weighted by Crippen LogP contribution is 2.36. The third-order valence-corrected chi connectivity index (χ3v) is 11.3. The summed E-state index contributed by atoms with van der Waals surface area (Å²) in [6.07, 6.45) is 3.26. The van der Waals surface area contributed by atoms with Gasteiger partial charge >= 0.3 is 0 Å². The lowest BCUT2D eigenvalue weighted by molar-refractivity contribution is 0.288. The van der Waals surface area contributed by atoms with Crippen molar-refractivity contribution in [3.8, 4) is 0 Å². The Morgan fingerprint density at radius 1 is 0.724 bits per heavy atom. The maximum Gasteiger partial charge on any atom is 0.261 e. The second kappa shape index (κ2) is 9.88. The lowest BCUT2D eigenvalue weighted by atomic mass is 10.1. The van der Waals surface area contributed by atoms with Gasteiger partial charge in [0, 0.05) is 11.1 Å². The Morgan fingerprint density at radius 2 is 1.24 bits per heavy atom. The van der Waals surface area contributed by atoms with Crippen molar-refractivity contribution >= 4 is 34.6 Å². The molecule has 0 spiro atoms. The smallest absolute Gasteiger partial charge is 0.261 e. The van der Waals surface area contributed by atoms with Crippen molar-refractivity contribution in [2.24, 2.45) is 0 Å². The molecule has 0 unspecified atom stereocenters. The molecule has 0 radical (unpaired) electrons. The fraction of sp³-hybridized carbons (Fsp3) is 0.308. The third kappa shape index (κ3) is 5.09. The Bertz CT molecular complexity index is 848. The molecular formula is C26H31BrOSi. The maximum absolute atomic E-state index is 6.96. The highest BCUT2D eigenvalue weighted by molar-refractivity contribution is 9.10. The third-order valence-electron chi connectivity index (χ3n) is 5.53. The van der Waals surface area contributed by atoms with Crippen molar-refractivity contribution in [3.63, 3.8) is 0 Å². The van der Waals surface area contributed by atoms with Crippen LogP contribution >= 0.6 is 15.9 Å². The van der Waals surface area contributed by atoms with Crippen LogP contribution in [0.25, 0.3) is 0 Å². The summed E-state index contributed by atoms with van der Waals surface area (Å²) in [6.45, 7) is 7.79. The van der Waals surface area contributed by atoms with Gasteiger partial charge in [-0.25, -0.2) is 0 Å². The molecule has 3 rings (SSSR count). The van der Waals surface area contributed by atoms with Crippen LogP contribution < -0.4 is 10.4 Å². The van der Waals surface area contributed by atoms with Gasteiger partial charge in [0.15, 0.2) is 0 Å². The number of unbranched alkanes of at least 4 members (excludes halogenated alkanes) is 1. The molecule has 0 aliphatic carbocycles. The van der Waals surface area contributed by atoms with E-state index in [-0.39, 0.29) is 5.04 Å². The quantitative estimate of drug-likeness (QED) is 0.277. The summed E-state index contributed by atoms with van der Waals surface area (Å²) in [5, 5.41) is 2.74. The normalized spacial score (nSPS) is 12.1. The lowest BCUT2D eigenvalue weighted by Gasteiger charge is -2.43. The lowest BCUT2D eigenvalue weighted by Crippen LogP contribution is -2.66. The summed E-state index contributed by atoms with van der Waals surface area (Å²) in [6, 6.07) is 30.3. The van der Waals surface area contributed by atoms with Gasteiger partial charge < -0.3 is 4.43 Å². The second-order valence-electron chi connectivity index (χ2n) is 8.56. The molecule has 1 nitrogen and oxygen atoms in total. The van der Waals surface area contributed by atoms with Crippen LogP contribution in [0.5, 0.6) is 0 Å². The van der Waals surface area contributed by atoms with Crippen LogP contribution in [0.3, 0.4) is 0 Å². The van der Waals surface area contributed by atoms with Gasteiger partial charge in [-0.1, -0.05) is 116 Å². The molecule has 0 fully saturated rings. The standard InChI is InChI=1S/C26H31BrOSi/c1-26(2,3)29(23-16-6-4-7-17-23,24-18-8-5-9-19-24)28-21-13-12-15-22-14-10-11-20-25(22)27/h4-11,14,16-20H,12-13,15,21H2,1-3H3. The monoisotopic (exact) mass is 466 g/mol. The van der Waals surface area contributed by atoms with Gasteiger partial charge in [-0.15, -0.1) is 0 Å². The summed E-state index contributed by atoms with van der Waals surface area (Å²) >= 11 is 3.66. The van der Waals surface area contributed by atoms with E-state index in [2.05, 4.69) is 122 Å². The molecule has 0 bridgehead atoms. The largest absolute Gasteiger partial charge is 0.407 e. The first kappa shape index (κ1) is 22.0. The minimum Gasteiger partial charge on any atom is -0.407 e. The maximum atomic E-state index is 6.96. The number of halogens is 1. The van der Waals surface area contributed by atoms with E-state index in [1.807, 2.05) is 0 Å². The minimum atomic E-state index is -2.40. The molecule has 0 atom stereocenters. The van der Waals surface area contributed by atoms with E-state index in [0.717, 1.165) is 25.9 Å². The Morgan fingerprint density at radius 3 is 1.76 bits per heavy atom. The number of aryl methyl sites for hydroxylation is 1. The van der Waals surface area contributed by atoms with Crippen LogP contribution in [0.1, 0.15) is 39.2 Å². The number of benzene rings is 3. The van der Waals surface area contributed by atoms with Crippen LogP contribution in [0, 0.1) is 0 Å². The van der Waals surface area contributed by atoms with Gasteiger partial charge in [0.05, 0.1) is 0 Å². The van der Waals surface area contributed by atoms with Crippen LogP contribution in [0.15, 0.2) is 89.4 Å². The molecule has 3 aromatic carbocycles. The highest BCUT2D eigenvalue weighted by atomic mass is 79.9. The SMILES string of the molecule is CC(C)(C)[Si](OCCCCc1ccccc1Br)(c1ccccc1)c1ccccc1. The van der Waals surface area contributed by atoms with E-state index in [4.69, 9.17) is 4.43 Å². The van der Waals surface area contributed by atoms with Gasteiger partial charge in [-0.05, 0) is 46.3 Å². The molecule has 29 heavy (non-hydrogen) atoms. The summed E-state index contributed by atoms with van der Waals surface area (Å²) in [5.41, 5.74) is 1.37. The van der Waals surface area contributed by atoms with Crippen LogP contribution in [0.4, 0.5) is 0 Å². The molecule has 0 heterocycles. The summed E-state index contributed by atoms with van der Waals surface area (Å²) in [5.74, 6) is 0. The van der Waals surface area contributed by atoms with Crippen molar-refractivity contribution in [1.29, 1.82) is 0 Å². The second-order valence-corrected chi connectivity index (χ2v) is 13.7. The van der Waals surface area contributed by atoms with Gasteiger partial charge in [0.2, 0.25) is 0 Å². The van der Waals surface area contributed by atoms with Crippen LogP contribution in [-0.2, 0) is 10.8 Å². The molecule has 0 saturated carbocycles. The first-order chi connectivity index (χ1) is 13.9. The Balaban J connectivity index is 1.80. The van der Waals surface area contributed by atoms with Crippen molar-refractivity contribution in [2.45, 2.75) is 45.1 Å². The van der Waals surface area contributed by atoms with E-state index in [9.17, 15) is 0 Å². The number of hydrogen-bond donors (Lipinski definition) is 0. The Hall–Kier alpha value is -1.68. The van der Waals surface area contributed by atoms with Crippen molar-refractivity contribution in [1.82, 2.24) is 0 Å². The number of rotatable bonds is 8. The van der Waals surface area contributed by atoms with Gasteiger partial charge in [-0.2, -0.15) is 0 Å². The van der Waals surface area contributed by atoms with E-state index < -0.39 is 8.32 Å². The molecule has 3 aromatic rings. The predicted octanol–water partition coefficient (Wildman–Crippen LogP) is 6.35. The van der Waals surface area contributed by atoms with Crippen LogP contribution in [0.2, 0.25) is 5.04 Å². The van der Waals surface area contributed by atoms with Crippen molar-refractivity contribution in [3.05, 3.63) is 95.0 Å². The van der Waals surface area contributed by atoms with E-state index in [1.165, 1.54) is 20.4 Å². The highest BCUT2D eigenvalue weighted by Gasteiger charge is 2.49. The molecule has 3 heteroatoms. The topological polar surface area (TPSA) is 9.23 Å². The molecule has 0 aliphatic rings. The Kier molecular flexibility index (Phi) is 7.50. The van der Waals surface area contributed by atoms with Crippen molar-refractivity contribution in [2.75, 3.05) is 6.61 Å². The fourth-order valence-electron chi connectivity index (χ4n) is 4.11. The van der Waals surface area contributed by atoms with Gasteiger partial charge in [-0.3, -0.25) is 0 Å². The van der Waals surface area contributed by atoms with Crippen LogP contribution in [-0.4, -0.2) is 14.9 Å². The summed E-state index contributed by atoms with van der Waals surface area (Å²) < 4.78 is 8.16. The molecular weight excluding hydrogens is 436 g/mol. The average Bonchev–Trinajstić information content (AvgIpc) is 2.72. The van der Waals surface area contributed by atoms with E-state index in [1.54, 1.807) is 0 Å². The van der Waals surface area contributed by atoms with E-state index in [0.29, 0.717) is 0 Å². The zero-order valence-corrected chi connectivity index (χ0v) is 20.3. The molecule has 0 saturated heterocycles. The van der Waals surface area contributed by atoms with Crippen molar-refractivity contribution < 1.29 is 4.43 Å².